The van der Waals surface area contributed by atoms with Crippen molar-refractivity contribution < 1.29 is 22.8 Å². The summed E-state index contributed by atoms with van der Waals surface area (Å²) in [4.78, 5) is 40.9. The molecule has 8 nitrogen and oxygen atoms in total. The maximum Gasteiger partial charge on any atom is 0.269 e. The van der Waals surface area contributed by atoms with E-state index in [0.29, 0.717) is 11.4 Å². The zero-order valence-corrected chi connectivity index (χ0v) is 22.4. The second kappa shape index (κ2) is 11.6. The molecule has 1 atom stereocenters. The average Bonchev–Trinajstić information content (AvgIpc) is 3.46. The van der Waals surface area contributed by atoms with Crippen LogP contribution in [0.3, 0.4) is 0 Å². The van der Waals surface area contributed by atoms with Gasteiger partial charge in [-0.2, -0.15) is 0 Å². The van der Waals surface area contributed by atoms with Crippen molar-refractivity contribution in [3.05, 3.63) is 64.7 Å². The zero-order chi connectivity index (χ0) is 26.6. The van der Waals surface area contributed by atoms with E-state index in [-0.39, 0.29) is 54.2 Å². The van der Waals surface area contributed by atoms with E-state index < -0.39 is 22.0 Å². The number of amides is 3. The third kappa shape index (κ3) is 5.99. The lowest BCUT2D eigenvalue weighted by Gasteiger charge is -2.31. The van der Waals surface area contributed by atoms with Crippen molar-refractivity contribution in [2.75, 3.05) is 6.54 Å². The normalized spacial score (nSPS) is 17.5. The first-order chi connectivity index (χ1) is 17.7. The predicted octanol–water partition coefficient (Wildman–Crippen LogP) is 4.13. The Morgan fingerprint density at radius 1 is 1.11 bits per heavy atom. The highest BCUT2D eigenvalue weighted by atomic mass is 35.5. The summed E-state index contributed by atoms with van der Waals surface area (Å²) in [5.41, 5.74) is 0.977. The Balaban J connectivity index is 1.46. The van der Waals surface area contributed by atoms with Gasteiger partial charge in [-0.05, 0) is 55.5 Å². The molecule has 1 fully saturated rings. The van der Waals surface area contributed by atoms with Crippen molar-refractivity contribution >= 4 is 39.3 Å². The van der Waals surface area contributed by atoms with Crippen LogP contribution in [0, 0.1) is 0 Å². The number of nitrogens with zero attached hydrogens (tertiary/aromatic N) is 2. The number of nitrogens with one attached hydrogen (secondary N) is 1. The molecule has 0 saturated heterocycles. The Hall–Kier alpha value is -2.91. The van der Waals surface area contributed by atoms with Crippen LogP contribution >= 0.6 is 11.6 Å². The van der Waals surface area contributed by atoms with E-state index in [4.69, 9.17) is 11.6 Å². The van der Waals surface area contributed by atoms with Gasteiger partial charge in [0.25, 0.3) is 15.9 Å². The summed E-state index contributed by atoms with van der Waals surface area (Å²) in [5.74, 6) is -1.03. The molecule has 1 heterocycles. The van der Waals surface area contributed by atoms with E-state index in [2.05, 4.69) is 5.32 Å². The van der Waals surface area contributed by atoms with Gasteiger partial charge in [0, 0.05) is 30.6 Å². The van der Waals surface area contributed by atoms with Gasteiger partial charge in [0.2, 0.25) is 11.8 Å². The summed E-state index contributed by atoms with van der Waals surface area (Å²) < 4.78 is 26.5. The topological polar surface area (TPSA) is 104 Å². The summed E-state index contributed by atoms with van der Waals surface area (Å²) in [6.45, 7) is 1.98. The first kappa shape index (κ1) is 27.1. The fraction of sp³-hybridized carbons (Fsp3) is 0.444. The maximum absolute atomic E-state index is 13.5. The largest absolute Gasteiger partial charge is 0.352 e. The molecule has 1 aliphatic carbocycles. The van der Waals surface area contributed by atoms with E-state index >= 15 is 0 Å². The monoisotopic (exact) mass is 545 g/mol. The number of sulfonamides is 1. The number of hydrogen-bond donors (Lipinski definition) is 1. The third-order valence-electron chi connectivity index (χ3n) is 7.02. The predicted molar refractivity (Wildman–Crippen MR) is 140 cm³/mol. The molecule has 37 heavy (non-hydrogen) atoms. The molecule has 1 aliphatic heterocycles. The molecule has 2 aromatic carbocycles. The van der Waals surface area contributed by atoms with Gasteiger partial charge in [0.15, 0.2) is 0 Å². The molecule has 198 valence electrons. The highest BCUT2D eigenvalue weighted by Gasteiger charge is 2.40. The van der Waals surface area contributed by atoms with Gasteiger partial charge in [-0.25, -0.2) is 12.7 Å². The Morgan fingerprint density at radius 3 is 2.43 bits per heavy atom. The van der Waals surface area contributed by atoms with Crippen molar-refractivity contribution in [1.82, 2.24) is 14.5 Å². The second-order valence-electron chi connectivity index (χ2n) is 9.54. The third-order valence-corrected chi connectivity index (χ3v) is 9.11. The molecule has 0 radical (unpaired) electrons. The quantitative estimate of drug-likeness (QED) is 0.483. The lowest BCUT2D eigenvalue weighted by molar-refractivity contribution is -0.141. The van der Waals surface area contributed by atoms with Gasteiger partial charge in [0.1, 0.15) is 10.9 Å². The molecular weight excluding hydrogens is 514 g/mol. The molecule has 3 amide bonds. The van der Waals surface area contributed by atoms with Crippen LogP contribution in [0.5, 0.6) is 0 Å². The van der Waals surface area contributed by atoms with E-state index in [1.54, 1.807) is 29.2 Å². The lowest BCUT2D eigenvalue weighted by Crippen LogP contribution is -2.51. The van der Waals surface area contributed by atoms with Crippen LogP contribution in [0.15, 0.2) is 53.4 Å². The standard InChI is InChI=1S/C27H32ClN3O5S/c1-2-23(26(33)29-21-8-3-4-9-21)30(18-19-13-15-20(28)16-14-19)25(32)12-7-17-31-27(34)22-10-5-6-11-24(22)37(31,35)36/h5-6,10-11,13-16,21,23H,2-4,7-9,12,17-18H2,1H3,(H,29,33)/t23-/m0/s1. The fourth-order valence-electron chi connectivity index (χ4n) is 5.04. The van der Waals surface area contributed by atoms with Gasteiger partial charge >= 0.3 is 0 Å². The Bertz CT molecular complexity index is 1260. The molecular formula is C27H32ClN3O5S. The molecule has 0 aromatic heterocycles. The Morgan fingerprint density at radius 2 is 1.78 bits per heavy atom. The number of benzene rings is 2. The zero-order valence-electron chi connectivity index (χ0n) is 20.9. The molecule has 2 aliphatic rings. The fourth-order valence-corrected chi connectivity index (χ4v) is 6.78. The Kier molecular flexibility index (Phi) is 8.54. The molecule has 1 saturated carbocycles. The van der Waals surface area contributed by atoms with Crippen LogP contribution in [0.1, 0.15) is 67.8 Å². The van der Waals surface area contributed by atoms with Gasteiger partial charge in [-0.1, -0.05) is 55.6 Å². The smallest absolute Gasteiger partial charge is 0.269 e. The minimum Gasteiger partial charge on any atom is -0.352 e. The Labute approximate surface area is 223 Å². The van der Waals surface area contributed by atoms with Crippen LogP contribution in [0.25, 0.3) is 0 Å². The minimum absolute atomic E-state index is 0.00353. The van der Waals surface area contributed by atoms with Crippen molar-refractivity contribution in [3.8, 4) is 0 Å². The van der Waals surface area contributed by atoms with E-state index in [0.717, 1.165) is 35.6 Å². The van der Waals surface area contributed by atoms with Crippen molar-refractivity contribution in [2.24, 2.45) is 0 Å². The SMILES string of the molecule is CC[C@@H](C(=O)NC1CCCC1)N(Cc1ccc(Cl)cc1)C(=O)CCCN1C(=O)c2ccccc2S1(=O)=O. The average molecular weight is 546 g/mol. The molecule has 0 bridgehead atoms. The van der Waals surface area contributed by atoms with E-state index in [1.807, 2.05) is 19.1 Å². The minimum atomic E-state index is -3.93. The number of halogens is 1. The van der Waals surface area contributed by atoms with Crippen LogP contribution in [0.4, 0.5) is 0 Å². The summed E-state index contributed by atoms with van der Waals surface area (Å²) >= 11 is 6.02. The summed E-state index contributed by atoms with van der Waals surface area (Å²) in [6, 6.07) is 12.7. The van der Waals surface area contributed by atoms with E-state index in [1.165, 1.54) is 12.1 Å². The van der Waals surface area contributed by atoms with Crippen LogP contribution in [-0.2, 0) is 26.2 Å². The highest BCUT2D eigenvalue weighted by molar-refractivity contribution is 7.90. The van der Waals surface area contributed by atoms with Crippen LogP contribution < -0.4 is 5.32 Å². The van der Waals surface area contributed by atoms with E-state index in [9.17, 15) is 22.8 Å². The van der Waals surface area contributed by atoms with Crippen molar-refractivity contribution in [1.29, 1.82) is 0 Å². The van der Waals surface area contributed by atoms with Crippen molar-refractivity contribution in [2.45, 2.75) is 75.4 Å². The number of fused-ring (bicyclic) bond motifs is 1. The molecule has 10 heteroatoms. The summed E-state index contributed by atoms with van der Waals surface area (Å²) in [7, 11) is -3.93. The highest BCUT2D eigenvalue weighted by Crippen LogP contribution is 2.30. The molecule has 4 rings (SSSR count). The molecule has 2 aromatic rings. The molecule has 0 unspecified atom stereocenters. The summed E-state index contributed by atoms with van der Waals surface area (Å²) in [5, 5.41) is 3.68. The van der Waals surface area contributed by atoms with Gasteiger partial charge in [-0.3, -0.25) is 14.4 Å². The van der Waals surface area contributed by atoms with Crippen molar-refractivity contribution in [3.63, 3.8) is 0 Å². The van der Waals surface area contributed by atoms with Crippen LogP contribution in [-0.4, -0.2) is 54.0 Å². The first-order valence-electron chi connectivity index (χ1n) is 12.7. The van der Waals surface area contributed by atoms with Gasteiger partial charge in [0.05, 0.1) is 5.56 Å². The second-order valence-corrected chi connectivity index (χ2v) is 11.8. The summed E-state index contributed by atoms with van der Waals surface area (Å²) in [6.07, 6.45) is 4.62. The number of hydrogen-bond acceptors (Lipinski definition) is 5. The lowest BCUT2D eigenvalue weighted by atomic mass is 10.1. The maximum atomic E-state index is 13.5. The van der Waals surface area contributed by atoms with Crippen LogP contribution in [0.2, 0.25) is 5.02 Å². The first-order valence-corrected chi connectivity index (χ1v) is 14.5. The number of carbonyl (C=O) groups excluding carboxylic acids is 3. The molecule has 1 N–H and O–H groups in total. The number of carbonyl (C=O) groups is 3. The number of rotatable bonds is 10. The molecule has 0 spiro atoms. The van der Waals surface area contributed by atoms with Gasteiger partial charge < -0.3 is 10.2 Å². The van der Waals surface area contributed by atoms with Gasteiger partial charge in [-0.15, -0.1) is 0 Å².